The highest BCUT2D eigenvalue weighted by molar-refractivity contribution is 6.35. The number of aromatic nitrogens is 1. The minimum absolute atomic E-state index is 0.275. The van der Waals surface area contributed by atoms with Gasteiger partial charge in [0.25, 0.3) is 0 Å². The number of hydrazone groups is 1. The molecule has 7 heteroatoms. The molecule has 0 atom stereocenters. The van der Waals surface area contributed by atoms with Crippen molar-refractivity contribution in [1.82, 2.24) is 15.3 Å². The fourth-order valence-electron chi connectivity index (χ4n) is 3.11. The summed E-state index contributed by atoms with van der Waals surface area (Å²) < 4.78 is 2.06. The fourth-order valence-corrected chi connectivity index (χ4v) is 3.28. The van der Waals surface area contributed by atoms with E-state index in [2.05, 4.69) is 20.4 Å². The molecule has 0 aliphatic heterocycles. The van der Waals surface area contributed by atoms with Gasteiger partial charge in [-0.3, -0.25) is 9.59 Å². The second kappa shape index (κ2) is 9.41. The standard InChI is InChI=1S/C23H23ClN4O2/c1-15-9-10-20(12-21(15)24)28-16(2)11-19(17(28)3)14-26-27-23(30)22(29)25-13-18-7-5-4-6-8-18/h4-12,14H,13H2,1-3H3,(H,25,29)(H,27,30)/b26-14-. The molecule has 2 aromatic carbocycles. The van der Waals surface area contributed by atoms with Crippen LogP contribution in [0, 0.1) is 20.8 Å². The van der Waals surface area contributed by atoms with Gasteiger partial charge < -0.3 is 9.88 Å². The van der Waals surface area contributed by atoms with Gasteiger partial charge in [-0.05, 0) is 50.1 Å². The van der Waals surface area contributed by atoms with E-state index in [0.29, 0.717) is 5.02 Å². The van der Waals surface area contributed by atoms with Gasteiger partial charge >= 0.3 is 11.8 Å². The molecule has 0 radical (unpaired) electrons. The van der Waals surface area contributed by atoms with E-state index < -0.39 is 11.8 Å². The Morgan fingerprint density at radius 2 is 1.77 bits per heavy atom. The lowest BCUT2D eigenvalue weighted by Crippen LogP contribution is -2.37. The molecular weight excluding hydrogens is 400 g/mol. The topological polar surface area (TPSA) is 75.5 Å². The van der Waals surface area contributed by atoms with Gasteiger partial charge in [0.2, 0.25) is 0 Å². The summed E-state index contributed by atoms with van der Waals surface area (Å²) >= 11 is 6.26. The lowest BCUT2D eigenvalue weighted by molar-refractivity contribution is -0.139. The zero-order valence-electron chi connectivity index (χ0n) is 17.1. The van der Waals surface area contributed by atoms with E-state index in [-0.39, 0.29) is 6.54 Å². The summed E-state index contributed by atoms with van der Waals surface area (Å²) in [5.41, 5.74) is 7.91. The van der Waals surface area contributed by atoms with Crippen molar-refractivity contribution in [3.05, 3.63) is 87.7 Å². The predicted octanol–water partition coefficient (Wildman–Crippen LogP) is 3.82. The maximum atomic E-state index is 11.9. The monoisotopic (exact) mass is 422 g/mol. The van der Waals surface area contributed by atoms with Crippen LogP contribution in [0.5, 0.6) is 0 Å². The highest BCUT2D eigenvalue weighted by Crippen LogP contribution is 2.24. The minimum atomic E-state index is -0.818. The lowest BCUT2D eigenvalue weighted by Gasteiger charge is -2.11. The van der Waals surface area contributed by atoms with Crippen LogP contribution in [0.3, 0.4) is 0 Å². The van der Waals surface area contributed by atoms with Gasteiger partial charge in [-0.1, -0.05) is 48.0 Å². The van der Waals surface area contributed by atoms with Crippen LogP contribution in [0.2, 0.25) is 5.02 Å². The highest BCUT2D eigenvalue weighted by Gasteiger charge is 2.13. The van der Waals surface area contributed by atoms with Crippen LogP contribution < -0.4 is 10.7 Å². The Morgan fingerprint density at radius 1 is 1.03 bits per heavy atom. The minimum Gasteiger partial charge on any atom is -0.344 e. The van der Waals surface area contributed by atoms with Crippen LogP contribution in [-0.2, 0) is 16.1 Å². The van der Waals surface area contributed by atoms with Crippen molar-refractivity contribution >= 4 is 29.6 Å². The fraction of sp³-hybridized carbons (Fsp3) is 0.174. The second-order valence-corrected chi connectivity index (χ2v) is 7.37. The molecule has 0 saturated carbocycles. The Morgan fingerprint density at radius 3 is 2.47 bits per heavy atom. The summed E-state index contributed by atoms with van der Waals surface area (Å²) in [5.74, 6) is -1.56. The number of nitrogens with one attached hydrogen (secondary N) is 2. The molecule has 30 heavy (non-hydrogen) atoms. The smallest absolute Gasteiger partial charge is 0.329 e. The van der Waals surface area contributed by atoms with Crippen molar-refractivity contribution in [1.29, 1.82) is 0 Å². The van der Waals surface area contributed by atoms with Crippen LogP contribution in [-0.4, -0.2) is 22.6 Å². The Hall–Kier alpha value is -3.38. The SMILES string of the molecule is Cc1ccc(-n2c(C)cc(/C=N\NC(=O)C(=O)NCc3ccccc3)c2C)cc1Cl. The van der Waals surface area contributed by atoms with E-state index >= 15 is 0 Å². The van der Waals surface area contributed by atoms with Crippen LogP contribution in [0.15, 0.2) is 59.7 Å². The molecular formula is C23H23ClN4O2. The Labute approximate surface area is 180 Å². The highest BCUT2D eigenvalue weighted by atomic mass is 35.5. The third-order valence-corrected chi connectivity index (χ3v) is 5.16. The number of benzene rings is 2. The molecule has 3 aromatic rings. The number of halogens is 1. The van der Waals surface area contributed by atoms with Gasteiger partial charge in [0.1, 0.15) is 0 Å². The molecule has 1 aromatic heterocycles. The normalized spacial score (nSPS) is 10.9. The first-order valence-corrected chi connectivity index (χ1v) is 9.85. The summed E-state index contributed by atoms with van der Waals surface area (Å²) in [6.45, 7) is 6.17. The van der Waals surface area contributed by atoms with Crippen molar-refractivity contribution in [3.8, 4) is 5.69 Å². The summed E-state index contributed by atoms with van der Waals surface area (Å²) in [7, 11) is 0. The summed E-state index contributed by atoms with van der Waals surface area (Å²) in [6.07, 6.45) is 1.52. The zero-order valence-corrected chi connectivity index (χ0v) is 17.8. The average molecular weight is 423 g/mol. The molecule has 154 valence electrons. The lowest BCUT2D eigenvalue weighted by atomic mass is 10.2. The third-order valence-electron chi connectivity index (χ3n) is 4.76. The van der Waals surface area contributed by atoms with E-state index in [1.165, 1.54) is 6.21 Å². The van der Waals surface area contributed by atoms with Gasteiger partial charge in [0.05, 0.1) is 6.21 Å². The molecule has 0 unspecified atom stereocenters. The molecule has 0 fully saturated rings. The van der Waals surface area contributed by atoms with Gasteiger partial charge in [0.15, 0.2) is 0 Å². The molecule has 0 aliphatic carbocycles. The number of carbonyl (C=O) groups is 2. The molecule has 0 spiro atoms. The Kier molecular flexibility index (Phi) is 6.69. The van der Waals surface area contributed by atoms with Crippen molar-refractivity contribution < 1.29 is 9.59 Å². The summed E-state index contributed by atoms with van der Waals surface area (Å²) in [5, 5.41) is 7.19. The Balaban J connectivity index is 1.64. The van der Waals surface area contributed by atoms with Crippen LogP contribution in [0.1, 0.15) is 28.1 Å². The van der Waals surface area contributed by atoms with Crippen LogP contribution >= 0.6 is 11.6 Å². The first kappa shape index (κ1) is 21.3. The molecule has 2 amide bonds. The number of carbonyl (C=O) groups excluding carboxylic acids is 2. The third kappa shape index (κ3) is 4.96. The van der Waals surface area contributed by atoms with Gasteiger partial charge in [-0.2, -0.15) is 5.10 Å². The summed E-state index contributed by atoms with van der Waals surface area (Å²) in [4.78, 5) is 23.9. The predicted molar refractivity (Wildman–Crippen MR) is 119 cm³/mol. The number of amides is 2. The second-order valence-electron chi connectivity index (χ2n) is 6.96. The first-order chi connectivity index (χ1) is 14.4. The van der Waals surface area contributed by atoms with E-state index in [0.717, 1.165) is 33.8 Å². The maximum Gasteiger partial charge on any atom is 0.329 e. The molecule has 0 saturated heterocycles. The van der Waals surface area contributed by atoms with Gasteiger partial charge in [-0.25, -0.2) is 5.43 Å². The number of hydrogen-bond acceptors (Lipinski definition) is 3. The molecule has 0 bridgehead atoms. The zero-order chi connectivity index (χ0) is 21.7. The van der Waals surface area contributed by atoms with E-state index in [9.17, 15) is 9.59 Å². The molecule has 2 N–H and O–H groups in total. The summed E-state index contributed by atoms with van der Waals surface area (Å²) in [6, 6.07) is 17.2. The van der Waals surface area contributed by atoms with E-state index in [1.807, 2.05) is 75.4 Å². The maximum absolute atomic E-state index is 11.9. The largest absolute Gasteiger partial charge is 0.344 e. The van der Waals surface area contributed by atoms with Gasteiger partial charge in [0, 0.05) is 34.2 Å². The van der Waals surface area contributed by atoms with Crippen LogP contribution in [0.25, 0.3) is 5.69 Å². The van der Waals surface area contributed by atoms with Crippen molar-refractivity contribution in [2.24, 2.45) is 5.10 Å². The number of nitrogens with zero attached hydrogens (tertiary/aromatic N) is 2. The van der Waals surface area contributed by atoms with E-state index in [4.69, 9.17) is 11.6 Å². The number of hydrogen-bond donors (Lipinski definition) is 2. The Bertz CT molecular complexity index is 1100. The number of rotatable bonds is 5. The molecule has 1 heterocycles. The number of aryl methyl sites for hydroxylation is 2. The van der Waals surface area contributed by atoms with E-state index in [1.54, 1.807) is 0 Å². The molecule has 6 nitrogen and oxygen atoms in total. The van der Waals surface area contributed by atoms with Crippen molar-refractivity contribution in [3.63, 3.8) is 0 Å². The molecule has 0 aliphatic rings. The molecule has 3 rings (SSSR count). The van der Waals surface area contributed by atoms with Crippen molar-refractivity contribution in [2.45, 2.75) is 27.3 Å². The van der Waals surface area contributed by atoms with Crippen molar-refractivity contribution in [2.75, 3.05) is 0 Å². The first-order valence-electron chi connectivity index (χ1n) is 9.47. The van der Waals surface area contributed by atoms with Gasteiger partial charge in [-0.15, -0.1) is 0 Å². The average Bonchev–Trinajstić information content (AvgIpc) is 3.02. The quantitative estimate of drug-likeness (QED) is 0.372. The van der Waals surface area contributed by atoms with Crippen LogP contribution in [0.4, 0.5) is 0 Å².